The van der Waals surface area contributed by atoms with E-state index in [1.165, 1.54) is 6.07 Å². The third kappa shape index (κ3) is 3.50. The number of aryl methyl sites for hydroxylation is 1. The van der Waals surface area contributed by atoms with Crippen LogP contribution in [-0.2, 0) is 12.6 Å². The Labute approximate surface area is 142 Å². The van der Waals surface area contributed by atoms with Crippen molar-refractivity contribution >= 4 is 16.8 Å². The fourth-order valence-electron chi connectivity index (χ4n) is 2.87. The first kappa shape index (κ1) is 17.0. The monoisotopic (exact) mass is 347 g/mol. The van der Waals surface area contributed by atoms with Crippen LogP contribution in [0.15, 0.2) is 42.7 Å². The summed E-state index contributed by atoms with van der Waals surface area (Å²) in [5.74, 6) is -0.781. The first-order valence-corrected chi connectivity index (χ1v) is 7.74. The summed E-state index contributed by atoms with van der Waals surface area (Å²) in [6, 6.07) is 8.33. The topological polar surface area (TPSA) is 57.8 Å². The number of halogens is 3. The summed E-state index contributed by atoms with van der Waals surface area (Å²) < 4.78 is 38.8. The Kier molecular flexibility index (Phi) is 4.48. The number of carbonyl (C=O) groups is 1. The van der Waals surface area contributed by atoms with Crippen molar-refractivity contribution in [3.8, 4) is 0 Å². The van der Waals surface area contributed by atoms with Crippen molar-refractivity contribution in [2.45, 2.75) is 19.5 Å². The summed E-state index contributed by atoms with van der Waals surface area (Å²) in [4.78, 5) is 18.6. The van der Waals surface area contributed by atoms with Crippen molar-refractivity contribution in [2.75, 3.05) is 6.54 Å². The van der Waals surface area contributed by atoms with Gasteiger partial charge in [-0.15, -0.1) is 0 Å². The summed E-state index contributed by atoms with van der Waals surface area (Å²) in [7, 11) is 0. The van der Waals surface area contributed by atoms with E-state index in [0.29, 0.717) is 6.42 Å². The Morgan fingerprint density at radius 1 is 1.24 bits per heavy atom. The predicted molar refractivity (Wildman–Crippen MR) is 88.3 cm³/mol. The van der Waals surface area contributed by atoms with Crippen molar-refractivity contribution in [2.24, 2.45) is 0 Å². The molecule has 1 amide bonds. The molecule has 0 bridgehead atoms. The van der Waals surface area contributed by atoms with Crippen molar-refractivity contribution in [3.63, 3.8) is 0 Å². The SMILES string of the molecule is Cc1cccc2[nH]cc(CCNC(=O)c3cccnc3C(F)(F)F)c12. The third-order valence-corrected chi connectivity index (χ3v) is 4.00. The van der Waals surface area contributed by atoms with Crippen molar-refractivity contribution < 1.29 is 18.0 Å². The lowest BCUT2D eigenvalue weighted by molar-refractivity contribution is -0.141. The Morgan fingerprint density at radius 2 is 2.04 bits per heavy atom. The molecule has 2 N–H and O–H groups in total. The number of nitrogens with one attached hydrogen (secondary N) is 2. The summed E-state index contributed by atoms with van der Waals surface area (Å²) in [6.07, 6.45) is -1.27. The summed E-state index contributed by atoms with van der Waals surface area (Å²) >= 11 is 0. The average Bonchev–Trinajstić information content (AvgIpc) is 2.98. The Morgan fingerprint density at radius 3 is 2.80 bits per heavy atom. The fraction of sp³-hybridized carbons (Fsp3) is 0.222. The van der Waals surface area contributed by atoms with E-state index in [4.69, 9.17) is 0 Å². The average molecular weight is 347 g/mol. The highest BCUT2D eigenvalue weighted by Crippen LogP contribution is 2.30. The zero-order valence-corrected chi connectivity index (χ0v) is 13.4. The maximum atomic E-state index is 12.9. The lowest BCUT2D eigenvalue weighted by Gasteiger charge is -2.11. The molecule has 2 aromatic heterocycles. The zero-order chi connectivity index (χ0) is 18.0. The fourth-order valence-corrected chi connectivity index (χ4v) is 2.87. The van der Waals surface area contributed by atoms with Crippen LogP contribution in [0.3, 0.4) is 0 Å². The highest BCUT2D eigenvalue weighted by atomic mass is 19.4. The van der Waals surface area contributed by atoms with E-state index >= 15 is 0 Å². The first-order valence-electron chi connectivity index (χ1n) is 7.74. The minimum absolute atomic E-state index is 0.228. The standard InChI is InChI=1S/C18H16F3N3O/c1-11-4-2-6-14-15(11)12(10-24-14)7-9-23-17(25)13-5-3-8-22-16(13)18(19,20)21/h2-6,8,10,24H,7,9H2,1H3,(H,23,25). The van der Waals surface area contributed by atoms with Gasteiger partial charge < -0.3 is 10.3 Å². The number of pyridine rings is 1. The van der Waals surface area contributed by atoms with Gasteiger partial charge in [0.25, 0.3) is 5.91 Å². The second kappa shape index (κ2) is 6.58. The number of H-pyrrole nitrogens is 1. The van der Waals surface area contributed by atoms with Crippen LogP contribution >= 0.6 is 0 Å². The van der Waals surface area contributed by atoms with Gasteiger partial charge in [0.2, 0.25) is 0 Å². The molecule has 0 unspecified atom stereocenters. The quantitative estimate of drug-likeness (QED) is 0.753. The summed E-state index contributed by atoms with van der Waals surface area (Å²) in [5.41, 5.74) is 1.47. The molecule has 7 heteroatoms. The van der Waals surface area contributed by atoms with Crippen LogP contribution in [0.5, 0.6) is 0 Å². The molecule has 0 fully saturated rings. The van der Waals surface area contributed by atoms with Gasteiger partial charge in [-0.3, -0.25) is 9.78 Å². The molecule has 4 nitrogen and oxygen atoms in total. The first-order chi connectivity index (χ1) is 11.9. The molecule has 25 heavy (non-hydrogen) atoms. The summed E-state index contributed by atoms with van der Waals surface area (Å²) in [5, 5.41) is 3.62. The number of alkyl halides is 3. The van der Waals surface area contributed by atoms with Gasteiger partial charge in [0.1, 0.15) is 0 Å². The Bertz CT molecular complexity index is 915. The molecule has 130 valence electrons. The minimum Gasteiger partial charge on any atom is -0.361 e. The zero-order valence-electron chi connectivity index (χ0n) is 13.4. The number of carbonyl (C=O) groups excluding carboxylic acids is 1. The molecule has 0 aliphatic carbocycles. The van der Waals surface area contributed by atoms with E-state index in [1.807, 2.05) is 31.3 Å². The van der Waals surface area contributed by atoms with Crippen molar-refractivity contribution in [1.82, 2.24) is 15.3 Å². The summed E-state index contributed by atoms with van der Waals surface area (Å²) in [6.45, 7) is 2.22. The van der Waals surface area contributed by atoms with E-state index in [-0.39, 0.29) is 6.54 Å². The number of benzene rings is 1. The Balaban J connectivity index is 1.71. The van der Waals surface area contributed by atoms with Crippen LogP contribution in [0.1, 0.15) is 27.2 Å². The van der Waals surface area contributed by atoms with Crippen LogP contribution in [0.25, 0.3) is 10.9 Å². The van der Waals surface area contributed by atoms with Gasteiger partial charge in [0.15, 0.2) is 5.69 Å². The maximum absolute atomic E-state index is 12.9. The lowest BCUT2D eigenvalue weighted by Crippen LogP contribution is -2.28. The molecule has 3 rings (SSSR count). The number of aromatic amines is 1. The largest absolute Gasteiger partial charge is 0.434 e. The molecule has 0 radical (unpaired) electrons. The molecular formula is C18H16F3N3O. The van der Waals surface area contributed by atoms with Gasteiger partial charge in [0, 0.05) is 29.8 Å². The van der Waals surface area contributed by atoms with E-state index in [9.17, 15) is 18.0 Å². The predicted octanol–water partition coefficient (Wildman–Crippen LogP) is 3.86. The van der Waals surface area contributed by atoms with E-state index in [2.05, 4.69) is 15.3 Å². The van der Waals surface area contributed by atoms with Crippen LogP contribution in [0, 0.1) is 6.92 Å². The van der Waals surface area contributed by atoms with Gasteiger partial charge in [0.05, 0.1) is 5.56 Å². The van der Waals surface area contributed by atoms with Gasteiger partial charge >= 0.3 is 6.18 Å². The highest BCUT2D eigenvalue weighted by Gasteiger charge is 2.36. The number of hydrogen-bond donors (Lipinski definition) is 2. The minimum atomic E-state index is -4.66. The maximum Gasteiger partial charge on any atom is 0.434 e. The van der Waals surface area contributed by atoms with Crippen LogP contribution in [0.4, 0.5) is 13.2 Å². The molecule has 2 heterocycles. The lowest BCUT2D eigenvalue weighted by atomic mass is 10.1. The van der Waals surface area contributed by atoms with Crippen molar-refractivity contribution in [1.29, 1.82) is 0 Å². The van der Waals surface area contributed by atoms with Gasteiger partial charge in [-0.25, -0.2) is 0 Å². The number of nitrogens with zero attached hydrogens (tertiary/aromatic N) is 1. The molecule has 1 aromatic carbocycles. The smallest absolute Gasteiger partial charge is 0.361 e. The van der Waals surface area contributed by atoms with E-state index in [0.717, 1.165) is 34.3 Å². The van der Waals surface area contributed by atoms with Crippen LogP contribution < -0.4 is 5.32 Å². The normalized spacial score (nSPS) is 11.7. The third-order valence-electron chi connectivity index (χ3n) is 4.00. The molecule has 0 saturated carbocycles. The molecule has 0 aliphatic heterocycles. The van der Waals surface area contributed by atoms with Crippen LogP contribution in [-0.4, -0.2) is 22.4 Å². The second-order valence-corrected chi connectivity index (χ2v) is 5.71. The highest BCUT2D eigenvalue weighted by molar-refractivity contribution is 5.95. The molecule has 3 aromatic rings. The van der Waals surface area contributed by atoms with Crippen LogP contribution in [0.2, 0.25) is 0 Å². The molecule has 0 saturated heterocycles. The van der Waals surface area contributed by atoms with Gasteiger partial charge in [-0.05, 0) is 42.7 Å². The number of hydrogen-bond acceptors (Lipinski definition) is 2. The molecule has 0 atom stereocenters. The Hall–Kier alpha value is -2.83. The van der Waals surface area contributed by atoms with E-state index < -0.39 is 23.3 Å². The number of rotatable bonds is 4. The number of aromatic nitrogens is 2. The van der Waals surface area contributed by atoms with Crippen molar-refractivity contribution in [3.05, 3.63) is 65.1 Å². The van der Waals surface area contributed by atoms with E-state index in [1.54, 1.807) is 0 Å². The number of fused-ring (bicyclic) bond motifs is 1. The van der Waals surface area contributed by atoms with Gasteiger partial charge in [-0.2, -0.15) is 13.2 Å². The molecule has 0 spiro atoms. The number of amides is 1. The van der Waals surface area contributed by atoms with Gasteiger partial charge in [-0.1, -0.05) is 12.1 Å². The second-order valence-electron chi connectivity index (χ2n) is 5.71. The molecule has 0 aliphatic rings. The molecular weight excluding hydrogens is 331 g/mol.